The molecule has 1 N–H and O–H groups in total. The highest BCUT2D eigenvalue weighted by molar-refractivity contribution is 7.15. The fourth-order valence-electron chi connectivity index (χ4n) is 1.67. The van der Waals surface area contributed by atoms with Crippen LogP contribution in [0.25, 0.3) is 0 Å². The summed E-state index contributed by atoms with van der Waals surface area (Å²) in [5.74, 6) is 0.955. The molecule has 106 valence electrons. The number of aromatic nitrogens is 2. The molecule has 0 radical (unpaired) electrons. The standard InChI is InChI=1S/C14H17N3O2S/c1-9(2)7-12-16-17-14(20-12)15-13(18)10-5-4-6-11(8-10)19-3/h4-6,8-9H,7H2,1-3H3,(H,15,17,18). The molecule has 0 aliphatic heterocycles. The van der Waals surface area contributed by atoms with E-state index in [0.717, 1.165) is 11.4 Å². The van der Waals surface area contributed by atoms with Crippen molar-refractivity contribution < 1.29 is 9.53 Å². The van der Waals surface area contributed by atoms with E-state index in [1.165, 1.54) is 11.3 Å². The minimum absolute atomic E-state index is 0.212. The minimum atomic E-state index is -0.212. The first-order chi connectivity index (χ1) is 9.58. The molecule has 20 heavy (non-hydrogen) atoms. The average Bonchev–Trinajstić information content (AvgIpc) is 2.85. The van der Waals surface area contributed by atoms with E-state index in [0.29, 0.717) is 22.4 Å². The molecule has 2 rings (SSSR count). The van der Waals surface area contributed by atoms with Gasteiger partial charge in [-0.1, -0.05) is 31.3 Å². The van der Waals surface area contributed by atoms with Crippen molar-refractivity contribution in [3.63, 3.8) is 0 Å². The van der Waals surface area contributed by atoms with Crippen molar-refractivity contribution in [3.8, 4) is 5.75 Å². The molecule has 1 amide bonds. The molecule has 0 fully saturated rings. The van der Waals surface area contributed by atoms with Crippen LogP contribution in [0.4, 0.5) is 5.13 Å². The number of methoxy groups -OCH3 is 1. The molecule has 0 bridgehead atoms. The highest BCUT2D eigenvalue weighted by Gasteiger charge is 2.11. The number of ether oxygens (including phenoxy) is 1. The van der Waals surface area contributed by atoms with E-state index < -0.39 is 0 Å². The zero-order valence-corrected chi connectivity index (χ0v) is 12.5. The lowest BCUT2D eigenvalue weighted by molar-refractivity contribution is 0.102. The summed E-state index contributed by atoms with van der Waals surface area (Å²) in [7, 11) is 1.57. The topological polar surface area (TPSA) is 64.1 Å². The maximum atomic E-state index is 12.1. The summed E-state index contributed by atoms with van der Waals surface area (Å²) in [4.78, 5) is 12.1. The van der Waals surface area contributed by atoms with Gasteiger partial charge < -0.3 is 4.74 Å². The van der Waals surface area contributed by atoms with Gasteiger partial charge in [0.2, 0.25) is 5.13 Å². The van der Waals surface area contributed by atoms with E-state index in [4.69, 9.17) is 4.74 Å². The minimum Gasteiger partial charge on any atom is -0.497 e. The van der Waals surface area contributed by atoms with Crippen LogP contribution < -0.4 is 10.1 Å². The summed E-state index contributed by atoms with van der Waals surface area (Å²) >= 11 is 1.41. The van der Waals surface area contributed by atoms with Gasteiger partial charge in [0.1, 0.15) is 10.8 Å². The number of carbonyl (C=O) groups is 1. The highest BCUT2D eigenvalue weighted by Crippen LogP contribution is 2.20. The van der Waals surface area contributed by atoms with Crippen LogP contribution in [0.15, 0.2) is 24.3 Å². The molecule has 1 aromatic heterocycles. The molecule has 0 aliphatic rings. The molecular formula is C14H17N3O2S. The summed E-state index contributed by atoms with van der Waals surface area (Å²) in [5, 5.41) is 12.3. The van der Waals surface area contributed by atoms with E-state index in [2.05, 4.69) is 29.4 Å². The molecule has 5 nitrogen and oxygen atoms in total. The third-order valence-corrected chi connectivity index (χ3v) is 3.46. The second kappa shape index (κ2) is 6.47. The van der Waals surface area contributed by atoms with Crippen molar-refractivity contribution in [2.24, 2.45) is 5.92 Å². The zero-order valence-electron chi connectivity index (χ0n) is 11.7. The molecule has 1 aromatic carbocycles. The van der Waals surface area contributed by atoms with Crippen LogP contribution >= 0.6 is 11.3 Å². The summed E-state index contributed by atoms with van der Waals surface area (Å²) in [6.07, 6.45) is 0.868. The van der Waals surface area contributed by atoms with Crippen LogP contribution in [0.2, 0.25) is 0 Å². The van der Waals surface area contributed by atoms with Gasteiger partial charge in [-0.2, -0.15) is 0 Å². The van der Waals surface area contributed by atoms with E-state index in [1.807, 2.05) is 0 Å². The van der Waals surface area contributed by atoms with Crippen LogP contribution in [0, 0.1) is 5.92 Å². The van der Waals surface area contributed by atoms with Crippen molar-refractivity contribution in [1.29, 1.82) is 0 Å². The van der Waals surface area contributed by atoms with Gasteiger partial charge in [-0.3, -0.25) is 10.1 Å². The van der Waals surface area contributed by atoms with Gasteiger partial charge in [0.05, 0.1) is 7.11 Å². The second-order valence-electron chi connectivity index (χ2n) is 4.79. The Hall–Kier alpha value is -1.95. The van der Waals surface area contributed by atoms with Crippen molar-refractivity contribution in [3.05, 3.63) is 34.8 Å². The molecule has 0 saturated carbocycles. The van der Waals surface area contributed by atoms with E-state index in [-0.39, 0.29) is 5.91 Å². The van der Waals surface area contributed by atoms with Gasteiger partial charge in [-0.05, 0) is 24.1 Å². The molecule has 1 heterocycles. The Balaban J connectivity index is 2.05. The number of benzene rings is 1. The first-order valence-corrected chi connectivity index (χ1v) is 7.18. The van der Waals surface area contributed by atoms with E-state index in [1.54, 1.807) is 31.4 Å². The van der Waals surface area contributed by atoms with Gasteiger partial charge in [0.15, 0.2) is 0 Å². The maximum Gasteiger partial charge on any atom is 0.257 e. The summed E-state index contributed by atoms with van der Waals surface area (Å²) in [6.45, 7) is 4.24. The number of hydrogen-bond donors (Lipinski definition) is 1. The Kier molecular flexibility index (Phi) is 4.68. The van der Waals surface area contributed by atoms with E-state index in [9.17, 15) is 4.79 Å². The molecule has 6 heteroatoms. The first-order valence-electron chi connectivity index (χ1n) is 6.36. The van der Waals surface area contributed by atoms with Crippen molar-refractivity contribution >= 4 is 22.4 Å². The average molecular weight is 291 g/mol. The number of carbonyl (C=O) groups excluding carboxylic acids is 1. The fraction of sp³-hybridized carbons (Fsp3) is 0.357. The Morgan fingerprint density at radius 1 is 1.40 bits per heavy atom. The molecule has 0 aliphatic carbocycles. The number of anilines is 1. The predicted octanol–water partition coefficient (Wildman–Crippen LogP) is 3.00. The lowest BCUT2D eigenvalue weighted by Crippen LogP contribution is -2.11. The molecule has 0 atom stereocenters. The van der Waals surface area contributed by atoms with Crippen molar-refractivity contribution in [2.75, 3.05) is 12.4 Å². The molecular weight excluding hydrogens is 274 g/mol. The number of nitrogens with zero attached hydrogens (tertiary/aromatic N) is 2. The number of nitrogens with one attached hydrogen (secondary N) is 1. The molecule has 0 unspecified atom stereocenters. The predicted molar refractivity (Wildman–Crippen MR) is 79.4 cm³/mol. The third-order valence-electron chi connectivity index (χ3n) is 2.60. The summed E-state index contributed by atoms with van der Waals surface area (Å²) < 4.78 is 5.10. The summed E-state index contributed by atoms with van der Waals surface area (Å²) in [5.41, 5.74) is 0.532. The lowest BCUT2D eigenvalue weighted by atomic mass is 10.1. The van der Waals surface area contributed by atoms with Crippen LogP contribution in [0.5, 0.6) is 5.75 Å². The quantitative estimate of drug-likeness (QED) is 0.919. The van der Waals surface area contributed by atoms with Gasteiger partial charge in [-0.15, -0.1) is 10.2 Å². The zero-order chi connectivity index (χ0) is 14.5. The third kappa shape index (κ3) is 3.77. The molecule has 0 saturated heterocycles. The summed E-state index contributed by atoms with van der Waals surface area (Å²) in [6, 6.07) is 6.99. The Morgan fingerprint density at radius 2 is 2.20 bits per heavy atom. The smallest absolute Gasteiger partial charge is 0.257 e. The maximum absolute atomic E-state index is 12.1. The van der Waals surface area contributed by atoms with Crippen LogP contribution in [-0.4, -0.2) is 23.2 Å². The molecule has 2 aromatic rings. The van der Waals surface area contributed by atoms with Gasteiger partial charge in [-0.25, -0.2) is 0 Å². The van der Waals surface area contributed by atoms with Crippen LogP contribution in [-0.2, 0) is 6.42 Å². The largest absolute Gasteiger partial charge is 0.497 e. The lowest BCUT2D eigenvalue weighted by Gasteiger charge is -2.03. The monoisotopic (exact) mass is 291 g/mol. The number of amides is 1. The van der Waals surface area contributed by atoms with Crippen LogP contribution in [0.3, 0.4) is 0 Å². The number of rotatable bonds is 5. The van der Waals surface area contributed by atoms with Crippen molar-refractivity contribution in [1.82, 2.24) is 10.2 Å². The SMILES string of the molecule is COc1cccc(C(=O)Nc2nnc(CC(C)C)s2)c1. The van der Waals surface area contributed by atoms with Crippen LogP contribution in [0.1, 0.15) is 29.2 Å². The van der Waals surface area contributed by atoms with Gasteiger partial charge in [0.25, 0.3) is 5.91 Å². The van der Waals surface area contributed by atoms with Gasteiger partial charge >= 0.3 is 0 Å². The number of hydrogen-bond acceptors (Lipinski definition) is 5. The van der Waals surface area contributed by atoms with Gasteiger partial charge in [0, 0.05) is 12.0 Å². The normalized spacial score (nSPS) is 10.6. The first kappa shape index (κ1) is 14.5. The highest BCUT2D eigenvalue weighted by atomic mass is 32.1. The Labute approximate surface area is 122 Å². The Bertz CT molecular complexity index is 596. The molecule has 0 spiro atoms. The Morgan fingerprint density at radius 3 is 2.90 bits per heavy atom. The van der Waals surface area contributed by atoms with E-state index >= 15 is 0 Å². The second-order valence-corrected chi connectivity index (χ2v) is 5.85. The van der Waals surface area contributed by atoms with Crippen molar-refractivity contribution in [2.45, 2.75) is 20.3 Å². The fourth-order valence-corrected chi connectivity index (χ4v) is 2.62.